The predicted octanol–water partition coefficient (Wildman–Crippen LogP) is 3.47. The quantitative estimate of drug-likeness (QED) is 0.812. The van der Waals surface area contributed by atoms with E-state index in [0.29, 0.717) is 10.7 Å². The second kappa shape index (κ2) is 4.55. The number of anilines is 1. The molecule has 0 aliphatic heterocycles. The normalized spacial score (nSPS) is 10.2. The molecule has 0 atom stereocenters. The van der Waals surface area contributed by atoms with E-state index in [0.717, 1.165) is 9.79 Å². The maximum Gasteiger partial charge on any atom is 0.0470 e. The van der Waals surface area contributed by atoms with Crippen molar-refractivity contribution >= 4 is 29.1 Å². The van der Waals surface area contributed by atoms with Gasteiger partial charge in [-0.2, -0.15) is 0 Å². The molecule has 0 bridgehead atoms. The Morgan fingerprint density at radius 3 is 2.53 bits per heavy atom. The maximum absolute atomic E-state index is 5.85. The zero-order chi connectivity index (χ0) is 10.7. The average Bonchev–Trinajstić information content (AvgIpc) is 2.24. The van der Waals surface area contributed by atoms with Crippen LogP contribution >= 0.6 is 23.4 Å². The molecule has 2 nitrogen and oxygen atoms in total. The topological polar surface area (TPSA) is 38.9 Å². The van der Waals surface area contributed by atoms with E-state index in [4.69, 9.17) is 17.3 Å². The minimum atomic E-state index is 0.659. The Morgan fingerprint density at radius 1 is 1.13 bits per heavy atom. The summed E-state index contributed by atoms with van der Waals surface area (Å²) < 4.78 is 0. The van der Waals surface area contributed by atoms with Gasteiger partial charge >= 0.3 is 0 Å². The molecule has 2 rings (SSSR count). The fraction of sp³-hybridized carbons (Fsp3) is 0. The third kappa shape index (κ3) is 2.64. The number of rotatable bonds is 2. The van der Waals surface area contributed by atoms with Gasteiger partial charge in [-0.3, -0.25) is 4.98 Å². The van der Waals surface area contributed by atoms with E-state index >= 15 is 0 Å². The molecule has 0 aliphatic rings. The van der Waals surface area contributed by atoms with Crippen LogP contribution in [-0.4, -0.2) is 4.98 Å². The van der Waals surface area contributed by atoms with Crippen LogP contribution in [0.4, 0.5) is 5.69 Å². The molecule has 4 heteroatoms. The summed E-state index contributed by atoms with van der Waals surface area (Å²) in [5.41, 5.74) is 6.55. The fourth-order valence-electron chi connectivity index (χ4n) is 1.15. The van der Waals surface area contributed by atoms with E-state index in [1.807, 2.05) is 24.3 Å². The Bertz CT molecular complexity index is 459. The summed E-state index contributed by atoms with van der Waals surface area (Å²) in [4.78, 5) is 6.07. The molecule has 1 aromatic carbocycles. The lowest BCUT2D eigenvalue weighted by atomic mass is 10.3. The first-order valence-corrected chi connectivity index (χ1v) is 5.58. The molecule has 0 radical (unpaired) electrons. The highest BCUT2D eigenvalue weighted by molar-refractivity contribution is 7.99. The highest BCUT2D eigenvalue weighted by Crippen LogP contribution is 2.32. The summed E-state index contributed by atoms with van der Waals surface area (Å²) in [6.07, 6.45) is 3.52. The molecule has 0 amide bonds. The van der Waals surface area contributed by atoms with Gasteiger partial charge in [0, 0.05) is 32.9 Å². The minimum absolute atomic E-state index is 0.659. The lowest BCUT2D eigenvalue weighted by molar-refractivity contribution is 1.26. The summed E-state index contributed by atoms with van der Waals surface area (Å²) in [6, 6.07) is 9.40. The number of hydrogen-bond donors (Lipinski definition) is 1. The van der Waals surface area contributed by atoms with Gasteiger partial charge in [-0.15, -0.1) is 0 Å². The van der Waals surface area contributed by atoms with E-state index in [-0.39, 0.29) is 0 Å². The molecule has 0 saturated carbocycles. The highest BCUT2D eigenvalue weighted by atomic mass is 35.5. The first kappa shape index (κ1) is 10.3. The molecule has 0 aliphatic carbocycles. The highest BCUT2D eigenvalue weighted by Gasteiger charge is 2.01. The molecular formula is C11H9ClN2S. The minimum Gasteiger partial charge on any atom is -0.398 e. The van der Waals surface area contributed by atoms with Gasteiger partial charge in [0.2, 0.25) is 0 Å². The van der Waals surface area contributed by atoms with E-state index in [1.165, 1.54) is 0 Å². The number of nitrogen functional groups attached to an aromatic ring is 1. The summed E-state index contributed by atoms with van der Waals surface area (Å²) in [6.45, 7) is 0. The Kier molecular flexibility index (Phi) is 3.14. The van der Waals surface area contributed by atoms with Crippen molar-refractivity contribution in [2.45, 2.75) is 9.79 Å². The van der Waals surface area contributed by atoms with Crippen molar-refractivity contribution in [1.29, 1.82) is 0 Å². The molecule has 0 saturated heterocycles. The van der Waals surface area contributed by atoms with Crippen molar-refractivity contribution in [3.63, 3.8) is 0 Å². The van der Waals surface area contributed by atoms with Gasteiger partial charge in [-0.1, -0.05) is 23.4 Å². The van der Waals surface area contributed by atoms with Crippen LogP contribution in [0.2, 0.25) is 5.02 Å². The van der Waals surface area contributed by atoms with Crippen molar-refractivity contribution in [3.8, 4) is 0 Å². The number of nitrogens with two attached hydrogens (primary N) is 1. The summed E-state index contributed by atoms with van der Waals surface area (Å²) >= 11 is 7.42. The number of aromatic nitrogens is 1. The van der Waals surface area contributed by atoms with Gasteiger partial charge in [0.1, 0.15) is 0 Å². The molecule has 76 valence electrons. The number of nitrogens with zero attached hydrogens (tertiary/aromatic N) is 1. The van der Waals surface area contributed by atoms with Crippen LogP contribution in [0, 0.1) is 0 Å². The molecule has 0 unspecified atom stereocenters. The van der Waals surface area contributed by atoms with Gasteiger partial charge in [-0.05, 0) is 30.3 Å². The lowest BCUT2D eigenvalue weighted by Gasteiger charge is -2.04. The Morgan fingerprint density at radius 2 is 1.87 bits per heavy atom. The number of benzene rings is 1. The third-order valence-corrected chi connectivity index (χ3v) is 3.18. The molecular weight excluding hydrogens is 228 g/mol. The predicted molar refractivity (Wildman–Crippen MR) is 64.2 cm³/mol. The van der Waals surface area contributed by atoms with Crippen molar-refractivity contribution in [3.05, 3.63) is 47.7 Å². The van der Waals surface area contributed by atoms with Gasteiger partial charge in [-0.25, -0.2) is 0 Å². The number of pyridine rings is 1. The largest absolute Gasteiger partial charge is 0.398 e. The van der Waals surface area contributed by atoms with E-state index in [2.05, 4.69) is 4.98 Å². The zero-order valence-corrected chi connectivity index (χ0v) is 9.42. The fourth-order valence-corrected chi connectivity index (χ4v) is 2.15. The Hall–Kier alpha value is -1.19. The van der Waals surface area contributed by atoms with Crippen molar-refractivity contribution in [1.82, 2.24) is 4.98 Å². The van der Waals surface area contributed by atoms with Crippen LogP contribution in [0.15, 0.2) is 52.5 Å². The van der Waals surface area contributed by atoms with Crippen LogP contribution in [-0.2, 0) is 0 Å². The van der Waals surface area contributed by atoms with E-state index < -0.39 is 0 Å². The summed E-state index contributed by atoms with van der Waals surface area (Å²) in [5, 5.41) is 0.659. The average molecular weight is 237 g/mol. The number of hydrogen-bond acceptors (Lipinski definition) is 3. The van der Waals surface area contributed by atoms with Gasteiger partial charge < -0.3 is 5.73 Å². The second-order valence-electron chi connectivity index (χ2n) is 2.97. The van der Waals surface area contributed by atoms with E-state index in [9.17, 15) is 0 Å². The molecule has 1 heterocycles. The summed E-state index contributed by atoms with van der Waals surface area (Å²) in [5.74, 6) is 0. The van der Waals surface area contributed by atoms with Gasteiger partial charge in [0.15, 0.2) is 0 Å². The summed E-state index contributed by atoms with van der Waals surface area (Å²) in [7, 11) is 0. The molecule has 15 heavy (non-hydrogen) atoms. The SMILES string of the molecule is Nc1cc(Cl)ccc1Sc1ccncc1. The molecule has 2 aromatic rings. The Balaban J connectivity index is 2.25. The first-order chi connectivity index (χ1) is 7.25. The monoisotopic (exact) mass is 236 g/mol. The molecule has 1 aromatic heterocycles. The first-order valence-electron chi connectivity index (χ1n) is 4.38. The van der Waals surface area contributed by atoms with Crippen LogP contribution in [0.5, 0.6) is 0 Å². The van der Waals surface area contributed by atoms with Gasteiger partial charge in [0.25, 0.3) is 0 Å². The second-order valence-corrected chi connectivity index (χ2v) is 4.52. The van der Waals surface area contributed by atoms with Crippen LogP contribution in [0.1, 0.15) is 0 Å². The molecule has 0 spiro atoms. The van der Waals surface area contributed by atoms with Crippen molar-refractivity contribution in [2.75, 3.05) is 5.73 Å². The van der Waals surface area contributed by atoms with Crippen LogP contribution in [0.3, 0.4) is 0 Å². The van der Waals surface area contributed by atoms with Crippen LogP contribution < -0.4 is 5.73 Å². The zero-order valence-electron chi connectivity index (χ0n) is 7.85. The smallest absolute Gasteiger partial charge is 0.0470 e. The van der Waals surface area contributed by atoms with Crippen molar-refractivity contribution in [2.24, 2.45) is 0 Å². The Labute approximate surface area is 97.5 Å². The molecule has 0 fully saturated rings. The number of halogens is 1. The van der Waals surface area contributed by atoms with Crippen molar-refractivity contribution < 1.29 is 0 Å². The molecule has 2 N–H and O–H groups in total. The standard InChI is InChI=1S/C11H9ClN2S/c12-8-1-2-11(10(13)7-8)15-9-3-5-14-6-4-9/h1-7H,13H2. The third-order valence-electron chi connectivity index (χ3n) is 1.85. The van der Waals surface area contributed by atoms with Crippen LogP contribution in [0.25, 0.3) is 0 Å². The van der Waals surface area contributed by atoms with E-state index in [1.54, 1.807) is 30.2 Å². The lowest BCUT2D eigenvalue weighted by Crippen LogP contribution is -1.87. The van der Waals surface area contributed by atoms with Gasteiger partial charge in [0.05, 0.1) is 0 Å². The maximum atomic E-state index is 5.85.